The number of hydrogen-bond acceptors (Lipinski definition) is 5. The lowest BCUT2D eigenvalue weighted by atomic mass is 9.99. The third-order valence-corrected chi connectivity index (χ3v) is 3.23. The number of ether oxygens (including phenoxy) is 1. The molecule has 1 atom stereocenters. The van der Waals surface area contributed by atoms with E-state index in [4.69, 9.17) is 10.00 Å². The number of anilines is 1. The van der Waals surface area contributed by atoms with Gasteiger partial charge in [0.2, 0.25) is 5.91 Å². The number of amides is 1. The molecular weight excluding hydrogens is 270 g/mol. The van der Waals surface area contributed by atoms with Gasteiger partial charge in [0.15, 0.2) is 0 Å². The van der Waals surface area contributed by atoms with Crippen LogP contribution in [-0.4, -0.2) is 31.1 Å². The summed E-state index contributed by atoms with van der Waals surface area (Å²) in [4.78, 5) is 23.6. The molecule has 6 heteroatoms. The van der Waals surface area contributed by atoms with Gasteiger partial charge in [-0.3, -0.25) is 4.79 Å². The molecule has 2 N–H and O–H groups in total. The summed E-state index contributed by atoms with van der Waals surface area (Å²) in [5, 5.41) is 14.3. The summed E-state index contributed by atoms with van der Waals surface area (Å²) >= 11 is 0. The Bertz CT molecular complexity index is 548. The molecule has 1 rings (SSSR count). The maximum atomic E-state index is 11.9. The molecule has 6 nitrogen and oxygen atoms in total. The summed E-state index contributed by atoms with van der Waals surface area (Å²) in [6.07, 6.45) is 0.433. The first-order valence-electron chi connectivity index (χ1n) is 6.58. The molecule has 0 saturated carbocycles. The van der Waals surface area contributed by atoms with E-state index in [1.807, 2.05) is 6.07 Å². The first-order valence-corrected chi connectivity index (χ1v) is 6.58. The Hall–Kier alpha value is -2.55. The summed E-state index contributed by atoms with van der Waals surface area (Å²) in [6, 6.07) is 8.76. The standard InChI is InChI=1S/C15H19N3O3/c1-4-15(2,14(20)21-3)18-13(19)10-17-12-7-5-11(9-16)6-8-12/h5-8,17H,4,10H2,1-3H3,(H,18,19)/t15-/m0/s1. The molecule has 0 bridgehead atoms. The van der Waals surface area contributed by atoms with Crippen molar-refractivity contribution < 1.29 is 14.3 Å². The average molecular weight is 289 g/mol. The Morgan fingerprint density at radius 1 is 1.33 bits per heavy atom. The van der Waals surface area contributed by atoms with Crippen molar-refractivity contribution in [2.45, 2.75) is 25.8 Å². The summed E-state index contributed by atoms with van der Waals surface area (Å²) in [5.74, 6) is -0.786. The van der Waals surface area contributed by atoms with E-state index in [1.165, 1.54) is 7.11 Å². The van der Waals surface area contributed by atoms with Crippen LogP contribution in [0.5, 0.6) is 0 Å². The molecule has 0 aliphatic heterocycles. The number of nitriles is 1. The SMILES string of the molecule is CC[C@](C)(NC(=O)CNc1ccc(C#N)cc1)C(=O)OC. The second-order valence-corrected chi connectivity index (χ2v) is 4.77. The number of methoxy groups -OCH3 is 1. The quantitative estimate of drug-likeness (QED) is 0.773. The fourth-order valence-electron chi connectivity index (χ4n) is 1.71. The van der Waals surface area contributed by atoms with Gasteiger partial charge < -0.3 is 15.4 Å². The fraction of sp³-hybridized carbons (Fsp3) is 0.400. The first-order chi connectivity index (χ1) is 9.95. The van der Waals surface area contributed by atoms with Crippen molar-refractivity contribution >= 4 is 17.6 Å². The van der Waals surface area contributed by atoms with E-state index in [0.717, 1.165) is 5.69 Å². The normalized spacial score (nSPS) is 12.7. The maximum absolute atomic E-state index is 11.9. The van der Waals surface area contributed by atoms with Crippen molar-refractivity contribution in [3.05, 3.63) is 29.8 Å². The number of nitrogens with one attached hydrogen (secondary N) is 2. The van der Waals surface area contributed by atoms with Gasteiger partial charge in [-0.2, -0.15) is 5.26 Å². The number of benzene rings is 1. The monoisotopic (exact) mass is 289 g/mol. The predicted octanol–water partition coefficient (Wildman–Crippen LogP) is 1.43. The van der Waals surface area contributed by atoms with Crippen LogP contribution in [-0.2, 0) is 14.3 Å². The number of esters is 1. The van der Waals surface area contributed by atoms with Crippen LogP contribution in [0, 0.1) is 11.3 Å². The minimum Gasteiger partial charge on any atom is -0.467 e. The predicted molar refractivity (Wildman–Crippen MR) is 78.5 cm³/mol. The Balaban J connectivity index is 2.57. The summed E-state index contributed by atoms with van der Waals surface area (Å²) in [6.45, 7) is 3.45. The summed E-state index contributed by atoms with van der Waals surface area (Å²) < 4.78 is 4.69. The zero-order valence-electron chi connectivity index (χ0n) is 12.4. The smallest absolute Gasteiger partial charge is 0.331 e. The molecule has 0 unspecified atom stereocenters. The third kappa shape index (κ3) is 4.49. The number of hydrogen-bond donors (Lipinski definition) is 2. The molecule has 0 fully saturated rings. The number of carbonyl (C=O) groups is 2. The zero-order valence-corrected chi connectivity index (χ0v) is 12.4. The largest absolute Gasteiger partial charge is 0.467 e. The van der Waals surface area contributed by atoms with Gasteiger partial charge in [-0.05, 0) is 37.6 Å². The summed E-state index contributed by atoms with van der Waals surface area (Å²) in [7, 11) is 1.29. The fourth-order valence-corrected chi connectivity index (χ4v) is 1.71. The lowest BCUT2D eigenvalue weighted by molar-refractivity contribution is -0.150. The lowest BCUT2D eigenvalue weighted by Crippen LogP contribution is -2.53. The molecule has 0 spiro atoms. The van der Waals surface area contributed by atoms with Gasteiger partial charge in [0.25, 0.3) is 0 Å². The van der Waals surface area contributed by atoms with Crippen LogP contribution < -0.4 is 10.6 Å². The van der Waals surface area contributed by atoms with E-state index in [1.54, 1.807) is 38.1 Å². The molecule has 0 aliphatic carbocycles. The molecular formula is C15H19N3O3. The molecule has 112 valence electrons. The second kappa shape index (κ2) is 7.29. The van der Waals surface area contributed by atoms with Gasteiger partial charge in [-0.25, -0.2) is 4.79 Å². The topological polar surface area (TPSA) is 91.2 Å². The lowest BCUT2D eigenvalue weighted by Gasteiger charge is -2.26. The van der Waals surface area contributed by atoms with Gasteiger partial charge >= 0.3 is 5.97 Å². The highest BCUT2D eigenvalue weighted by molar-refractivity contribution is 5.89. The number of carbonyl (C=O) groups excluding carboxylic acids is 2. The van der Waals surface area contributed by atoms with Crippen molar-refractivity contribution in [2.24, 2.45) is 0 Å². The molecule has 0 saturated heterocycles. The van der Waals surface area contributed by atoms with Crippen LogP contribution in [0.15, 0.2) is 24.3 Å². The van der Waals surface area contributed by atoms with E-state index in [9.17, 15) is 9.59 Å². The highest BCUT2D eigenvalue weighted by atomic mass is 16.5. The minimum atomic E-state index is -1.03. The molecule has 0 heterocycles. The number of rotatable bonds is 6. The third-order valence-electron chi connectivity index (χ3n) is 3.23. The van der Waals surface area contributed by atoms with Crippen LogP contribution in [0.25, 0.3) is 0 Å². The van der Waals surface area contributed by atoms with Crippen molar-refractivity contribution in [2.75, 3.05) is 19.0 Å². The molecule has 0 radical (unpaired) electrons. The molecule has 1 amide bonds. The molecule has 1 aromatic rings. The Labute approximate surface area is 124 Å². The van der Waals surface area contributed by atoms with Crippen LogP contribution in [0.1, 0.15) is 25.8 Å². The first kappa shape index (κ1) is 16.5. The second-order valence-electron chi connectivity index (χ2n) is 4.77. The van der Waals surface area contributed by atoms with E-state index in [2.05, 4.69) is 10.6 Å². The van der Waals surface area contributed by atoms with Gasteiger partial charge in [-0.15, -0.1) is 0 Å². The van der Waals surface area contributed by atoms with Crippen LogP contribution >= 0.6 is 0 Å². The minimum absolute atomic E-state index is 0.0263. The van der Waals surface area contributed by atoms with Crippen LogP contribution in [0.3, 0.4) is 0 Å². The highest BCUT2D eigenvalue weighted by Crippen LogP contribution is 2.12. The van der Waals surface area contributed by atoms with Gasteiger partial charge in [0, 0.05) is 5.69 Å². The Morgan fingerprint density at radius 3 is 2.43 bits per heavy atom. The zero-order chi connectivity index (χ0) is 15.9. The van der Waals surface area contributed by atoms with Crippen molar-refractivity contribution in [1.29, 1.82) is 5.26 Å². The van der Waals surface area contributed by atoms with E-state index in [-0.39, 0.29) is 12.5 Å². The van der Waals surface area contributed by atoms with Gasteiger partial charge in [-0.1, -0.05) is 6.92 Å². The Morgan fingerprint density at radius 2 is 1.95 bits per heavy atom. The number of nitrogens with zero attached hydrogens (tertiary/aromatic N) is 1. The maximum Gasteiger partial charge on any atom is 0.331 e. The van der Waals surface area contributed by atoms with E-state index < -0.39 is 11.5 Å². The molecule has 0 aromatic heterocycles. The van der Waals surface area contributed by atoms with Crippen LogP contribution in [0.2, 0.25) is 0 Å². The Kier molecular flexibility index (Phi) is 5.73. The van der Waals surface area contributed by atoms with Crippen molar-refractivity contribution in [1.82, 2.24) is 5.32 Å². The van der Waals surface area contributed by atoms with Crippen LogP contribution in [0.4, 0.5) is 5.69 Å². The van der Waals surface area contributed by atoms with E-state index >= 15 is 0 Å². The van der Waals surface area contributed by atoms with E-state index in [0.29, 0.717) is 12.0 Å². The molecule has 1 aromatic carbocycles. The highest BCUT2D eigenvalue weighted by Gasteiger charge is 2.33. The molecule has 21 heavy (non-hydrogen) atoms. The average Bonchev–Trinajstić information content (AvgIpc) is 2.52. The molecule has 0 aliphatic rings. The van der Waals surface area contributed by atoms with Crippen molar-refractivity contribution in [3.63, 3.8) is 0 Å². The van der Waals surface area contributed by atoms with Crippen molar-refractivity contribution in [3.8, 4) is 6.07 Å². The van der Waals surface area contributed by atoms with Gasteiger partial charge in [0.1, 0.15) is 5.54 Å². The van der Waals surface area contributed by atoms with Gasteiger partial charge in [0.05, 0.1) is 25.3 Å². The summed E-state index contributed by atoms with van der Waals surface area (Å²) in [5.41, 5.74) is 0.243.